The second-order valence-electron chi connectivity index (χ2n) is 5.16. The number of hydrogen-bond donors (Lipinski definition) is 2. The molecule has 0 unspecified atom stereocenters. The monoisotopic (exact) mass is 254 g/mol. The molecular formula is C13H19FN2O2. The van der Waals surface area contributed by atoms with Crippen LogP contribution in [0.5, 0.6) is 5.75 Å². The third-order valence-electron chi connectivity index (χ3n) is 2.77. The Morgan fingerprint density at radius 2 is 2.11 bits per heavy atom. The van der Waals surface area contributed by atoms with Crippen LogP contribution in [0.15, 0.2) is 18.2 Å². The molecule has 0 bridgehead atoms. The molecule has 0 saturated heterocycles. The molecule has 1 rings (SSSR count). The number of phenols is 1. The highest BCUT2D eigenvalue weighted by molar-refractivity contribution is 5.96. The van der Waals surface area contributed by atoms with Crippen molar-refractivity contribution in [3.05, 3.63) is 29.6 Å². The first kappa shape index (κ1) is 14.4. The van der Waals surface area contributed by atoms with Crippen LogP contribution < -0.4 is 5.73 Å². The van der Waals surface area contributed by atoms with Crippen molar-refractivity contribution in [1.29, 1.82) is 0 Å². The third-order valence-corrected chi connectivity index (χ3v) is 2.77. The summed E-state index contributed by atoms with van der Waals surface area (Å²) in [5.74, 6) is -1.62. The number of aromatic hydroxyl groups is 1. The summed E-state index contributed by atoms with van der Waals surface area (Å²) in [6.07, 6.45) is 0. The van der Waals surface area contributed by atoms with Crippen molar-refractivity contribution in [3.8, 4) is 5.75 Å². The fourth-order valence-electron chi connectivity index (χ4n) is 1.69. The molecule has 0 aromatic heterocycles. The molecule has 100 valence electrons. The van der Waals surface area contributed by atoms with Gasteiger partial charge in [0.2, 0.25) is 0 Å². The summed E-state index contributed by atoms with van der Waals surface area (Å²) in [4.78, 5) is 13.4. The average molecular weight is 254 g/mol. The van der Waals surface area contributed by atoms with E-state index in [2.05, 4.69) is 0 Å². The fraction of sp³-hybridized carbons (Fsp3) is 0.462. The minimum Gasteiger partial charge on any atom is -0.507 e. The Morgan fingerprint density at radius 3 is 2.61 bits per heavy atom. The first-order valence-corrected chi connectivity index (χ1v) is 5.71. The van der Waals surface area contributed by atoms with Crippen molar-refractivity contribution in [2.75, 3.05) is 20.1 Å². The van der Waals surface area contributed by atoms with Gasteiger partial charge in [-0.25, -0.2) is 4.39 Å². The summed E-state index contributed by atoms with van der Waals surface area (Å²) in [6.45, 7) is 4.62. The van der Waals surface area contributed by atoms with Crippen molar-refractivity contribution in [1.82, 2.24) is 4.90 Å². The predicted molar refractivity (Wildman–Crippen MR) is 67.9 cm³/mol. The van der Waals surface area contributed by atoms with E-state index in [-0.39, 0.29) is 16.7 Å². The highest BCUT2D eigenvalue weighted by Gasteiger charge is 2.25. The number of nitrogens with two attached hydrogens (primary N) is 1. The SMILES string of the molecule is CN(CC(C)(C)CN)C(=O)c1c(O)cccc1F. The molecule has 0 fully saturated rings. The molecule has 4 nitrogen and oxygen atoms in total. The van der Waals surface area contributed by atoms with E-state index in [9.17, 15) is 14.3 Å². The number of halogens is 1. The van der Waals surface area contributed by atoms with Gasteiger partial charge in [-0.2, -0.15) is 0 Å². The maximum Gasteiger partial charge on any atom is 0.260 e. The van der Waals surface area contributed by atoms with Crippen LogP contribution in [0.4, 0.5) is 4.39 Å². The molecule has 0 aliphatic heterocycles. The summed E-state index contributed by atoms with van der Waals surface area (Å²) < 4.78 is 13.5. The Bertz CT molecular complexity index is 426. The van der Waals surface area contributed by atoms with Crippen LogP contribution in [0.2, 0.25) is 0 Å². The first-order valence-electron chi connectivity index (χ1n) is 5.71. The van der Waals surface area contributed by atoms with E-state index in [1.807, 2.05) is 13.8 Å². The van der Waals surface area contributed by atoms with Crippen LogP contribution in [-0.2, 0) is 0 Å². The Morgan fingerprint density at radius 1 is 1.50 bits per heavy atom. The van der Waals surface area contributed by atoms with Gasteiger partial charge in [0.25, 0.3) is 5.91 Å². The van der Waals surface area contributed by atoms with Crippen LogP contribution in [0.25, 0.3) is 0 Å². The number of carbonyl (C=O) groups is 1. The molecule has 3 N–H and O–H groups in total. The highest BCUT2D eigenvalue weighted by atomic mass is 19.1. The van der Waals surface area contributed by atoms with Crippen molar-refractivity contribution < 1.29 is 14.3 Å². The zero-order valence-electron chi connectivity index (χ0n) is 10.9. The van der Waals surface area contributed by atoms with E-state index in [0.29, 0.717) is 13.1 Å². The summed E-state index contributed by atoms with van der Waals surface area (Å²) >= 11 is 0. The van der Waals surface area contributed by atoms with E-state index in [0.717, 1.165) is 6.07 Å². The number of phenolic OH excluding ortho intramolecular Hbond substituents is 1. The van der Waals surface area contributed by atoms with E-state index in [1.165, 1.54) is 17.0 Å². The Hall–Kier alpha value is -1.62. The van der Waals surface area contributed by atoms with Crippen molar-refractivity contribution >= 4 is 5.91 Å². The lowest BCUT2D eigenvalue weighted by Crippen LogP contribution is -2.40. The Labute approximate surface area is 106 Å². The van der Waals surface area contributed by atoms with E-state index in [1.54, 1.807) is 7.05 Å². The van der Waals surface area contributed by atoms with Crippen LogP contribution in [0.1, 0.15) is 24.2 Å². The lowest BCUT2D eigenvalue weighted by atomic mass is 9.93. The fourth-order valence-corrected chi connectivity index (χ4v) is 1.69. The van der Waals surface area contributed by atoms with Gasteiger partial charge in [-0.3, -0.25) is 4.79 Å². The lowest BCUT2D eigenvalue weighted by Gasteiger charge is -2.29. The minimum absolute atomic E-state index is 0.259. The highest BCUT2D eigenvalue weighted by Crippen LogP contribution is 2.23. The van der Waals surface area contributed by atoms with Gasteiger partial charge in [0.05, 0.1) is 0 Å². The van der Waals surface area contributed by atoms with Gasteiger partial charge in [-0.1, -0.05) is 19.9 Å². The maximum absolute atomic E-state index is 13.5. The van der Waals surface area contributed by atoms with Crippen LogP contribution in [0.3, 0.4) is 0 Å². The molecule has 0 aliphatic rings. The Balaban J connectivity index is 2.94. The number of amides is 1. The lowest BCUT2D eigenvalue weighted by molar-refractivity contribution is 0.0732. The van der Waals surface area contributed by atoms with Gasteiger partial charge in [-0.15, -0.1) is 0 Å². The summed E-state index contributed by atoms with van der Waals surface area (Å²) in [6, 6.07) is 3.79. The molecule has 0 spiro atoms. The van der Waals surface area contributed by atoms with Crippen LogP contribution in [0, 0.1) is 11.2 Å². The standard InChI is InChI=1S/C13H19FN2O2/c1-13(2,7-15)8-16(3)12(18)11-9(14)5-4-6-10(11)17/h4-6,17H,7-8,15H2,1-3H3. The normalized spacial score (nSPS) is 11.4. The van der Waals surface area contributed by atoms with E-state index >= 15 is 0 Å². The van der Waals surface area contributed by atoms with Gasteiger partial charge in [0, 0.05) is 13.6 Å². The van der Waals surface area contributed by atoms with Crippen LogP contribution in [-0.4, -0.2) is 36.1 Å². The third kappa shape index (κ3) is 3.20. The second-order valence-corrected chi connectivity index (χ2v) is 5.16. The molecule has 1 aromatic carbocycles. The molecule has 0 aliphatic carbocycles. The molecule has 5 heteroatoms. The largest absolute Gasteiger partial charge is 0.507 e. The molecule has 0 atom stereocenters. The zero-order chi connectivity index (χ0) is 13.9. The molecule has 0 radical (unpaired) electrons. The minimum atomic E-state index is -0.725. The average Bonchev–Trinajstić information content (AvgIpc) is 2.28. The number of carbonyl (C=O) groups excluding carboxylic acids is 1. The van der Waals surface area contributed by atoms with Gasteiger partial charge in [0.1, 0.15) is 17.1 Å². The van der Waals surface area contributed by atoms with Gasteiger partial charge in [0.15, 0.2) is 0 Å². The molecule has 0 heterocycles. The van der Waals surface area contributed by atoms with E-state index < -0.39 is 11.7 Å². The van der Waals surface area contributed by atoms with Gasteiger partial charge in [-0.05, 0) is 24.1 Å². The number of benzene rings is 1. The van der Waals surface area contributed by atoms with Crippen LogP contribution >= 0.6 is 0 Å². The molecule has 1 amide bonds. The first-order chi connectivity index (χ1) is 8.28. The quantitative estimate of drug-likeness (QED) is 0.857. The van der Waals surface area contributed by atoms with Gasteiger partial charge >= 0.3 is 0 Å². The smallest absolute Gasteiger partial charge is 0.260 e. The summed E-state index contributed by atoms with van der Waals surface area (Å²) in [5, 5.41) is 9.55. The molecule has 0 saturated carbocycles. The van der Waals surface area contributed by atoms with Gasteiger partial charge < -0.3 is 15.7 Å². The van der Waals surface area contributed by atoms with Crippen molar-refractivity contribution in [2.45, 2.75) is 13.8 Å². The molecule has 18 heavy (non-hydrogen) atoms. The molecule has 1 aromatic rings. The second kappa shape index (κ2) is 5.35. The number of rotatable bonds is 4. The van der Waals surface area contributed by atoms with Crippen molar-refractivity contribution in [3.63, 3.8) is 0 Å². The summed E-state index contributed by atoms with van der Waals surface area (Å²) in [7, 11) is 1.56. The topological polar surface area (TPSA) is 66.6 Å². The Kier molecular flexibility index (Phi) is 4.29. The number of nitrogens with zero attached hydrogens (tertiary/aromatic N) is 1. The summed E-state index contributed by atoms with van der Waals surface area (Å²) in [5.41, 5.74) is 5.03. The molecular weight excluding hydrogens is 235 g/mol. The maximum atomic E-state index is 13.5. The predicted octanol–water partition coefficient (Wildman–Crippen LogP) is 1.59. The zero-order valence-corrected chi connectivity index (χ0v) is 10.9. The van der Waals surface area contributed by atoms with E-state index in [4.69, 9.17) is 5.73 Å². The van der Waals surface area contributed by atoms with Crippen molar-refractivity contribution in [2.24, 2.45) is 11.1 Å². The number of hydrogen-bond acceptors (Lipinski definition) is 3.